The molecule has 0 atom stereocenters. The van der Waals surface area contributed by atoms with Gasteiger partial charge in [-0.05, 0) is 41.5 Å². The molecular formula is C27H25F3N4O4S. The fraction of sp³-hybridized carbons (Fsp3) is 0.296. The minimum absolute atomic E-state index is 0.294. The standard InChI is InChI=1S/C27H25F3N4O4S/c1-39(36,37)34-10-8-33(9-11-34)12-13-38-21-6-7-22-23(14-21)26(35)25(19-15-31-17-32-16-19)24(22)18-2-4-20(5-3-18)27(28,29)30/h2-7,14-17H,8-13H2,1H3. The summed E-state index contributed by atoms with van der Waals surface area (Å²) < 4.78 is 70.2. The Labute approximate surface area is 223 Å². The van der Waals surface area contributed by atoms with Gasteiger partial charge in [-0.3, -0.25) is 9.69 Å². The van der Waals surface area contributed by atoms with Gasteiger partial charge >= 0.3 is 6.18 Å². The van der Waals surface area contributed by atoms with Crippen molar-refractivity contribution < 1.29 is 31.1 Å². The molecule has 0 unspecified atom stereocenters. The number of allylic oxidation sites excluding steroid dienone is 1. The second kappa shape index (κ2) is 10.5. The van der Waals surface area contributed by atoms with Gasteiger partial charge in [-0.1, -0.05) is 12.1 Å². The topological polar surface area (TPSA) is 92.7 Å². The van der Waals surface area contributed by atoms with Crippen LogP contribution in [0.4, 0.5) is 13.2 Å². The van der Waals surface area contributed by atoms with Crippen molar-refractivity contribution in [1.82, 2.24) is 19.2 Å². The normalized spacial score (nSPS) is 17.0. The predicted molar refractivity (Wildman–Crippen MR) is 139 cm³/mol. The Balaban J connectivity index is 1.36. The van der Waals surface area contributed by atoms with Crippen LogP contribution in [-0.2, 0) is 16.2 Å². The Bertz CT molecular complexity index is 1520. The van der Waals surface area contributed by atoms with Gasteiger partial charge in [-0.2, -0.15) is 17.5 Å². The zero-order valence-corrected chi connectivity index (χ0v) is 21.8. The largest absolute Gasteiger partial charge is 0.492 e. The second-order valence-electron chi connectivity index (χ2n) is 9.34. The highest BCUT2D eigenvalue weighted by Crippen LogP contribution is 2.43. The number of ether oxygens (including phenoxy) is 1. The van der Waals surface area contributed by atoms with Crippen LogP contribution in [0, 0.1) is 0 Å². The lowest BCUT2D eigenvalue weighted by atomic mass is 9.94. The number of halogens is 3. The molecule has 3 aromatic rings. The number of carbonyl (C=O) groups excluding carboxylic acids is 1. The molecule has 1 aliphatic carbocycles. The third-order valence-corrected chi connectivity index (χ3v) is 8.11. The van der Waals surface area contributed by atoms with Gasteiger partial charge in [0, 0.05) is 67.4 Å². The number of nitrogens with zero attached hydrogens (tertiary/aromatic N) is 4. The van der Waals surface area contributed by atoms with Gasteiger partial charge in [-0.15, -0.1) is 0 Å². The number of ketones is 1. The maximum Gasteiger partial charge on any atom is 0.416 e. The molecule has 1 fully saturated rings. The molecule has 8 nitrogen and oxygen atoms in total. The smallest absolute Gasteiger partial charge is 0.416 e. The van der Waals surface area contributed by atoms with Crippen molar-refractivity contribution in [3.8, 4) is 5.75 Å². The van der Waals surface area contributed by atoms with Crippen molar-refractivity contribution in [3.63, 3.8) is 0 Å². The molecule has 204 valence electrons. The molecule has 0 bridgehead atoms. The lowest BCUT2D eigenvalue weighted by molar-refractivity contribution is -0.137. The molecule has 2 aliphatic rings. The van der Waals surface area contributed by atoms with E-state index < -0.39 is 21.8 Å². The van der Waals surface area contributed by atoms with E-state index in [9.17, 15) is 26.4 Å². The molecular weight excluding hydrogens is 533 g/mol. The maximum absolute atomic E-state index is 13.6. The van der Waals surface area contributed by atoms with Crippen LogP contribution in [0.15, 0.2) is 61.2 Å². The maximum atomic E-state index is 13.6. The minimum Gasteiger partial charge on any atom is -0.492 e. The first-order valence-corrected chi connectivity index (χ1v) is 14.0. The molecule has 39 heavy (non-hydrogen) atoms. The number of hydrogen-bond donors (Lipinski definition) is 0. The highest BCUT2D eigenvalue weighted by molar-refractivity contribution is 7.88. The van der Waals surface area contributed by atoms with Crippen LogP contribution in [-0.4, -0.2) is 79.0 Å². The van der Waals surface area contributed by atoms with E-state index in [2.05, 4.69) is 14.9 Å². The number of alkyl halides is 3. The Morgan fingerprint density at radius 2 is 1.56 bits per heavy atom. The van der Waals surface area contributed by atoms with Gasteiger partial charge in [0.15, 0.2) is 5.78 Å². The van der Waals surface area contributed by atoms with E-state index >= 15 is 0 Å². The first-order chi connectivity index (χ1) is 18.5. The van der Waals surface area contributed by atoms with Gasteiger partial charge in [0.05, 0.1) is 11.8 Å². The number of benzene rings is 2. The zero-order chi connectivity index (χ0) is 27.8. The predicted octanol–water partition coefficient (Wildman–Crippen LogP) is 3.61. The summed E-state index contributed by atoms with van der Waals surface area (Å²) >= 11 is 0. The van der Waals surface area contributed by atoms with Gasteiger partial charge in [0.25, 0.3) is 0 Å². The SMILES string of the molecule is CS(=O)(=O)N1CCN(CCOc2ccc3c(c2)C(=O)C(c2cncnc2)=C3c2ccc(C(F)(F)F)cc2)CC1. The van der Waals surface area contributed by atoms with Gasteiger partial charge in [0.1, 0.15) is 18.7 Å². The summed E-state index contributed by atoms with van der Waals surface area (Å²) in [5.74, 6) is 0.186. The lowest BCUT2D eigenvalue weighted by Gasteiger charge is -2.33. The van der Waals surface area contributed by atoms with Crippen molar-refractivity contribution in [2.24, 2.45) is 0 Å². The second-order valence-corrected chi connectivity index (χ2v) is 11.3. The van der Waals surface area contributed by atoms with Crippen LogP contribution < -0.4 is 4.74 Å². The summed E-state index contributed by atoms with van der Waals surface area (Å²) in [5.41, 5.74) is 1.94. The Morgan fingerprint density at radius 3 is 2.18 bits per heavy atom. The number of aromatic nitrogens is 2. The molecule has 2 aromatic carbocycles. The Morgan fingerprint density at radius 1 is 0.897 bits per heavy atom. The van der Waals surface area contributed by atoms with Gasteiger partial charge in [0.2, 0.25) is 10.0 Å². The summed E-state index contributed by atoms with van der Waals surface area (Å²) in [6.07, 6.45) is 1.06. The fourth-order valence-electron chi connectivity index (χ4n) is 4.81. The molecule has 1 aromatic heterocycles. The van der Waals surface area contributed by atoms with E-state index in [0.717, 1.165) is 12.1 Å². The molecule has 0 radical (unpaired) electrons. The van der Waals surface area contributed by atoms with Gasteiger partial charge < -0.3 is 4.74 Å². The van der Waals surface area contributed by atoms with Crippen molar-refractivity contribution in [2.75, 3.05) is 45.6 Å². The molecule has 0 amide bonds. The number of fused-ring (bicyclic) bond motifs is 1. The molecule has 0 saturated carbocycles. The molecule has 12 heteroatoms. The van der Waals surface area contributed by atoms with Crippen LogP contribution in [0.1, 0.15) is 32.6 Å². The van der Waals surface area contributed by atoms with Crippen LogP contribution in [0.2, 0.25) is 0 Å². The first kappa shape index (κ1) is 27.0. The third kappa shape index (κ3) is 5.72. The highest BCUT2D eigenvalue weighted by atomic mass is 32.2. The van der Waals surface area contributed by atoms with E-state index in [1.54, 1.807) is 18.2 Å². The summed E-state index contributed by atoms with van der Waals surface area (Å²) in [7, 11) is -3.20. The summed E-state index contributed by atoms with van der Waals surface area (Å²) in [6, 6.07) is 9.81. The van der Waals surface area contributed by atoms with E-state index in [0.29, 0.717) is 78.5 Å². The van der Waals surface area contributed by atoms with Crippen molar-refractivity contribution in [3.05, 3.63) is 89.0 Å². The number of Topliss-reactive ketones (excluding diaryl/α,β-unsaturated/α-hetero) is 1. The average Bonchev–Trinajstić information content (AvgIpc) is 3.20. The summed E-state index contributed by atoms with van der Waals surface area (Å²) in [6.45, 7) is 2.98. The van der Waals surface area contributed by atoms with E-state index in [-0.39, 0.29) is 5.78 Å². The Kier molecular flexibility index (Phi) is 7.27. The van der Waals surface area contributed by atoms with Crippen LogP contribution in [0.5, 0.6) is 5.75 Å². The summed E-state index contributed by atoms with van der Waals surface area (Å²) in [4.78, 5) is 23.7. The third-order valence-electron chi connectivity index (χ3n) is 6.81. The number of hydrogen-bond acceptors (Lipinski definition) is 7. The van der Waals surface area contributed by atoms with E-state index in [1.807, 2.05) is 0 Å². The minimum atomic E-state index is -4.47. The lowest BCUT2D eigenvalue weighted by Crippen LogP contribution is -2.49. The number of rotatable bonds is 7. The van der Waals surface area contributed by atoms with E-state index in [4.69, 9.17) is 4.74 Å². The van der Waals surface area contributed by atoms with Crippen molar-refractivity contribution >= 4 is 27.0 Å². The fourth-order valence-corrected chi connectivity index (χ4v) is 5.64. The van der Waals surface area contributed by atoms with Crippen LogP contribution in [0.3, 0.4) is 0 Å². The van der Waals surface area contributed by atoms with Crippen molar-refractivity contribution in [1.29, 1.82) is 0 Å². The quantitative estimate of drug-likeness (QED) is 0.438. The molecule has 2 heterocycles. The first-order valence-electron chi connectivity index (χ1n) is 12.2. The zero-order valence-electron chi connectivity index (χ0n) is 21.0. The van der Waals surface area contributed by atoms with Crippen LogP contribution in [0.25, 0.3) is 11.1 Å². The molecule has 0 N–H and O–H groups in total. The monoisotopic (exact) mass is 558 g/mol. The molecule has 5 rings (SSSR count). The van der Waals surface area contributed by atoms with Crippen LogP contribution >= 0.6 is 0 Å². The van der Waals surface area contributed by atoms with E-state index in [1.165, 1.54) is 41.4 Å². The average molecular weight is 559 g/mol. The Hall–Kier alpha value is -3.61. The number of carbonyl (C=O) groups is 1. The number of sulfonamides is 1. The molecule has 1 saturated heterocycles. The van der Waals surface area contributed by atoms with Crippen molar-refractivity contribution in [2.45, 2.75) is 6.18 Å². The summed E-state index contributed by atoms with van der Waals surface area (Å²) in [5, 5.41) is 0. The highest BCUT2D eigenvalue weighted by Gasteiger charge is 2.34. The molecule has 1 aliphatic heterocycles. The molecule has 0 spiro atoms. The number of piperazine rings is 1. The van der Waals surface area contributed by atoms with Gasteiger partial charge in [-0.25, -0.2) is 18.4 Å².